The molecule has 4 nitrogen and oxygen atoms in total. The molecule has 1 saturated heterocycles. The Kier molecular flexibility index (Phi) is 5.04. The second-order valence-corrected chi connectivity index (χ2v) is 8.56. The molecule has 0 bridgehead atoms. The Hall–Kier alpha value is -0.660. The maximum Gasteiger partial charge on any atom is 0.0956 e. The summed E-state index contributed by atoms with van der Waals surface area (Å²) in [6, 6.07) is 8.46. The lowest BCUT2D eigenvalue weighted by atomic mass is 10.0. The molecule has 6 heteroatoms. The van der Waals surface area contributed by atoms with Crippen LogP contribution in [0.2, 0.25) is 0 Å². The van der Waals surface area contributed by atoms with E-state index in [2.05, 4.69) is 42.7 Å². The number of nitrogens with one attached hydrogen (secondary N) is 2. The number of aliphatic hydroxyl groups excluding tert-OH is 1. The molecule has 0 amide bonds. The van der Waals surface area contributed by atoms with Gasteiger partial charge in [-0.05, 0) is 26.0 Å². The minimum absolute atomic E-state index is 0.0827. The second-order valence-electron chi connectivity index (χ2n) is 6.41. The number of aromatic nitrogens is 1. The number of fused-ring (bicyclic) bond motifs is 1. The highest BCUT2D eigenvalue weighted by atomic mass is 32.2. The predicted molar refractivity (Wildman–Crippen MR) is 95.7 cm³/mol. The van der Waals surface area contributed by atoms with Crippen LogP contribution in [0.3, 0.4) is 0 Å². The molecule has 3 N–H and O–H groups in total. The minimum atomic E-state index is -0.343. The first-order chi connectivity index (χ1) is 10.5. The van der Waals surface area contributed by atoms with Crippen molar-refractivity contribution in [3.63, 3.8) is 0 Å². The van der Waals surface area contributed by atoms with E-state index in [1.165, 1.54) is 4.70 Å². The molecular weight excluding hydrogens is 314 g/mol. The lowest BCUT2D eigenvalue weighted by molar-refractivity contribution is 0.129. The summed E-state index contributed by atoms with van der Waals surface area (Å²) in [6.45, 7) is 4.95. The van der Waals surface area contributed by atoms with Gasteiger partial charge >= 0.3 is 0 Å². The van der Waals surface area contributed by atoms with Gasteiger partial charge in [0.2, 0.25) is 0 Å². The van der Waals surface area contributed by atoms with E-state index in [1.807, 2.05) is 17.8 Å². The van der Waals surface area contributed by atoms with E-state index >= 15 is 0 Å². The lowest BCUT2D eigenvalue weighted by Crippen LogP contribution is -2.50. The van der Waals surface area contributed by atoms with Crippen molar-refractivity contribution in [2.75, 3.05) is 18.2 Å². The van der Waals surface area contributed by atoms with Crippen LogP contribution in [-0.4, -0.2) is 45.9 Å². The van der Waals surface area contributed by atoms with Crippen molar-refractivity contribution in [3.8, 4) is 0 Å². The fourth-order valence-corrected chi connectivity index (χ4v) is 4.86. The smallest absolute Gasteiger partial charge is 0.0956 e. The highest BCUT2D eigenvalue weighted by molar-refractivity contribution is 7.99. The van der Waals surface area contributed by atoms with Crippen LogP contribution in [0.25, 0.3) is 10.2 Å². The summed E-state index contributed by atoms with van der Waals surface area (Å²) >= 11 is 3.60. The minimum Gasteiger partial charge on any atom is -0.390 e. The molecule has 0 aliphatic carbocycles. The Labute approximate surface area is 139 Å². The van der Waals surface area contributed by atoms with Gasteiger partial charge in [-0.3, -0.25) is 0 Å². The number of thiazole rings is 1. The average molecular weight is 338 g/mol. The summed E-state index contributed by atoms with van der Waals surface area (Å²) in [6.07, 6.45) is 0.524. The Morgan fingerprint density at radius 1 is 1.45 bits per heavy atom. The van der Waals surface area contributed by atoms with Crippen molar-refractivity contribution >= 4 is 33.3 Å². The van der Waals surface area contributed by atoms with Crippen LogP contribution in [0.15, 0.2) is 24.3 Å². The van der Waals surface area contributed by atoms with E-state index in [-0.39, 0.29) is 17.7 Å². The topological polar surface area (TPSA) is 57.2 Å². The second kappa shape index (κ2) is 6.84. The molecular formula is C16H23N3OS2. The van der Waals surface area contributed by atoms with Gasteiger partial charge in [-0.15, -0.1) is 23.1 Å². The predicted octanol–water partition coefficient (Wildman–Crippen LogP) is 2.23. The number of nitrogens with zero attached hydrogens (tertiary/aromatic N) is 1. The van der Waals surface area contributed by atoms with Crippen molar-refractivity contribution in [1.29, 1.82) is 0 Å². The molecule has 2 atom stereocenters. The standard InChI is InChI=1S/C16H23N3OS2/c1-16(2,18-8-13(20)12-9-21-10-17-12)7-15-19-11-5-3-4-6-14(11)22-15/h3-6,12-13,17-18,20H,7-10H2,1-2H3/t12-,13-/m1/s1. The van der Waals surface area contributed by atoms with Gasteiger partial charge in [0.15, 0.2) is 0 Å². The number of hydrogen-bond donors (Lipinski definition) is 3. The molecule has 2 aromatic rings. The van der Waals surface area contributed by atoms with E-state index < -0.39 is 0 Å². The van der Waals surface area contributed by atoms with Gasteiger partial charge in [0.25, 0.3) is 0 Å². The summed E-state index contributed by atoms with van der Waals surface area (Å²) in [5.41, 5.74) is 0.992. The first-order valence-electron chi connectivity index (χ1n) is 7.62. The zero-order valence-corrected chi connectivity index (χ0v) is 14.6. The van der Waals surface area contributed by atoms with Crippen molar-refractivity contribution in [2.24, 2.45) is 0 Å². The first kappa shape index (κ1) is 16.2. The zero-order chi connectivity index (χ0) is 15.6. The van der Waals surface area contributed by atoms with Crippen LogP contribution in [0.1, 0.15) is 18.9 Å². The summed E-state index contributed by atoms with van der Waals surface area (Å²) in [7, 11) is 0. The Morgan fingerprint density at radius 3 is 3.00 bits per heavy atom. The Bertz CT molecular complexity index is 590. The lowest BCUT2D eigenvalue weighted by Gasteiger charge is -2.28. The number of para-hydroxylation sites is 1. The Balaban J connectivity index is 1.57. The molecule has 1 fully saturated rings. The fraction of sp³-hybridized carbons (Fsp3) is 0.562. The molecule has 1 aromatic heterocycles. The van der Waals surface area contributed by atoms with Gasteiger partial charge in [-0.1, -0.05) is 12.1 Å². The normalized spacial score (nSPS) is 20.6. The molecule has 120 valence electrons. The quantitative estimate of drug-likeness (QED) is 0.755. The van der Waals surface area contributed by atoms with Crippen molar-refractivity contribution in [2.45, 2.75) is 38.0 Å². The van der Waals surface area contributed by atoms with Crippen LogP contribution in [-0.2, 0) is 6.42 Å². The number of thioether (sulfide) groups is 1. The average Bonchev–Trinajstić information content (AvgIpc) is 3.12. The summed E-state index contributed by atoms with van der Waals surface area (Å²) in [5, 5.41) is 18.2. The molecule has 0 spiro atoms. The Morgan fingerprint density at radius 2 is 2.27 bits per heavy atom. The summed E-state index contributed by atoms with van der Waals surface area (Å²) < 4.78 is 1.24. The van der Waals surface area contributed by atoms with Gasteiger partial charge in [-0.25, -0.2) is 4.98 Å². The van der Waals surface area contributed by atoms with E-state index in [1.54, 1.807) is 11.3 Å². The molecule has 3 rings (SSSR count). The van der Waals surface area contributed by atoms with Crippen LogP contribution >= 0.6 is 23.1 Å². The summed E-state index contributed by atoms with van der Waals surface area (Å²) in [5.74, 6) is 1.93. The summed E-state index contributed by atoms with van der Waals surface area (Å²) in [4.78, 5) is 4.70. The molecule has 0 radical (unpaired) electrons. The van der Waals surface area contributed by atoms with E-state index in [4.69, 9.17) is 4.98 Å². The molecule has 1 aliphatic rings. The molecule has 0 saturated carbocycles. The van der Waals surface area contributed by atoms with E-state index in [0.29, 0.717) is 6.54 Å². The molecule has 2 heterocycles. The highest BCUT2D eigenvalue weighted by Gasteiger charge is 2.26. The fourth-order valence-electron chi connectivity index (χ4n) is 2.62. The van der Waals surface area contributed by atoms with Crippen molar-refractivity contribution in [3.05, 3.63) is 29.3 Å². The van der Waals surface area contributed by atoms with Gasteiger partial charge in [0, 0.05) is 36.2 Å². The van der Waals surface area contributed by atoms with Crippen LogP contribution < -0.4 is 10.6 Å². The van der Waals surface area contributed by atoms with Crippen LogP contribution in [0, 0.1) is 0 Å². The van der Waals surface area contributed by atoms with E-state index in [0.717, 1.165) is 28.6 Å². The van der Waals surface area contributed by atoms with Crippen LogP contribution in [0.5, 0.6) is 0 Å². The number of hydrogen-bond acceptors (Lipinski definition) is 6. The van der Waals surface area contributed by atoms with Gasteiger partial charge in [0.05, 0.1) is 21.3 Å². The van der Waals surface area contributed by atoms with E-state index in [9.17, 15) is 5.11 Å². The van der Waals surface area contributed by atoms with Gasteiger partial charge in [0.1, 0.15) is 0 Å². The monoisotopic (exact) mass is 337 g/mol. The third-order valence-electron chi connectivity index (χ3n) is 3.93. The molecule has 1 aromatic carbocycles. The maximum absolute atomic E-state index is 10.2. The largest absolute Gasteiger partial charge is 0.390 e. The third kappa shape index (κ3) is 4.00. The third-order valence-corrected chi connectivity index (χ3v) is 5.93. The molecule has 1 aliphatic heterocycles. The number of β-amino-alcohol motifs (C(OH)–C–C–N with tert-alkyl or cyclic N) is 1. The zero-order valence-electron chi connectivity index (χ0n) is 13.0. The maximum atomic E-state index is 10.2. The van der Waals surface area contributed by atoms with Gasteiger partial charge in [-0.2, -0.15) is 0 Å². The van der Waals surface area contributed by atoms with Crippen molar-refractivity contribution < 1.29 is 5.11 Å². The van der Waals surface area contributed by atoms with Crippen LogP contribution in [0.4, 0.5) is 0 Å². The number of rotatable bonds is 6. The van der Waals surface area contributed by atoms with Crippen molar-refractivity contribution in [1.82, 2.24) is 15.6 Å². The van der Waals surface area contributed by atoms with Gasteiger partial charge < -0.3 is 15.7 Å². The molecule has 22 heavy (non-hydrogen) atoms. The number of aliphatic hydroxyl groups is 1. The number of benzene rings is 1. The first-order valence-corrected chi connectivity index (χ1v) is 9.59. The SMILES string of the molecule is CC(C)(Cc1nc2ccccc2s1)NC[C@@H](O)[C@H]1CSCN1. The molecule has 0 unspecified atom stereocenters. The highest BCUT2D eigenvalue weighted by Crippen LogP contribution is 2.24.